The summed E-state index contributed by atoms with van der Waals surface area (Å²) in [5.74, 6) is 0.769. The summed E-state index contributed by atoms with van der Waals surface area (Å²) in [7, 11) is 0. The number of nitrogens with one attached hydrogen (secondary N) is 1. The predicted octanol–water partition coefficient (Wildman–Crippen LogP) is 4.69. The Hall–Kier alpha value is -0.0800. The molecule has 0 amide bonds. The van der Waals surface area contributed by atoms with Crippen LogP contribution in [0.3, 0.4) is 0 Å². The minimum absolute atomic E-state index is 0.533. The topological polar surface area (TPSA) is 15.3 Å². The molecule has 2 nitrogen and oxygen atoms in total. The molecule has 0 aromatic carbocycles. The zero-order valence-electron chi connectivity index (χ0n) is 15.4. The lowest BCUT2D eigenvalue weighted by Crippen LogP contribution is -2.49. The van der Waals surface area contributed by atoms with Crippen LogP contribution in [0.2, 0.25) is 0 Å². The molecule has 0 unspecified atom stereocenters. The maximum absolute atomic E-state index is 3.67. The lowest BCUT2D eigenvalue weighted by atomic mass is 9.73. The Morgan fingerprint density at radius 3 is 2.10 bits per heavy atom. The van der Waals surface area contributed by atoms with E-state index in [0.29, 0.717) is 5.41 Å². The van der Waals surface area contributed by atoms with E-state index in [-0.39, 0.29) is 0 Å². The zero-order valence-corrected chi connectivity index (χ0v) is 15.4. The highest BCUT2D eigenvalue weighted by atomic mass is 15.2. The first-order chi connectivity index (χ1) is 10.1. The van der Waals surface area contributed by atoms with Crippen molar-refractivity contribution in [2.24, 2.45) is 11.3 Å². The van der Waals surface area contributed by atoms with Crippen molar-refractivity contribution in [1.82, 2.24) is 10.2 Å². The first-order valence-corrected chi connectivity index (χ1v) is 9.51. The van der Waals surface area contributed by atoms with Gasteiger partial charge in [0.25, 0.3) is 0 Å². The highest BCUT2D eigenvalue weighted by Gasteiger charge is 2.34. The van der Waals surface area contributed by atoms with E-state index in [1.54, 1.807) is 0 Å². The Morgan fingerprint density at radius 2 is 1.62 bits per heavy atom. The third kappa shape index (κ3) is 6.28. The summed E-state index contributed by atoms with van der Waals surface area (Å²) in [5, 5.41) is 3.67. The molecule has 2 heteroatoms. The second-order valence-corrected chi connectivity index (χ2v) is 7.63. The van der Waals surface area contributed by atoms with Crippen molar-refractivity contribution in [1.29, 1.82) is 0 Å². The Labute approximate surface area is 134 Å². The summed E-state index contributed by atoms with van der Waals surface area (Å²) >= 11 is 0. The van der Waals surface area contributed by atoms with Crippen LogP contribution in [0.5, 0.6) is 0 Å². The fraction of sp³-hybridized carbons (Fsp3) is 1.00. The Kier molecular flexibility index (Phi) is 8.89. The van der Waals surface area contributed by atoms with Crippen molar-refractivity contribution in [2.45, 2.75) is 85.6 Å². The molecule has 126 valence electrons. The molecule has 21 heavy (non-hydrogen) atoms. The minimum Gasteiger partial charge on any atom is -0.316 e. The van der Waals surface area contributed by atoms with Crippen molar-refractivity contribution < 1.29 is 0 Å². The van der Waals surface area contributed by atoms with E-state index in [1.165, 1.54) is 64.6 Å². The lowest BCUT2D eigenvalue weighted by Gasteiger charge is -2.44. The first-order valence-electron chi connectivity index (χ1n) is 9.51. The van der Waals surface area contributed by atoms with Gasteiger partial charge in [0.1, 0.15) is 0 Å². The Balaban J connectivity index is 2.78. The predicted molar refractivity (Wildman–Crippen MR) is 94.8 cm³/mol. The van der Waals surface area contributed by atoms with E-state index in [4.69, 9.17) is 0 Å². The molecule has 0 bridgehead atoms. The van der Waals surface area contributed by atoms with Gasteiger partial charge in [0.15, 0.2) is 0 Å². The van der Waals surface area contributed by atoms with Crippen molar-refractivity contribution >= 4 is 0 Å². The van der Waals surface area contributed by atoms with E-state index in [2.05, 4.69) is 44.8 Å². The summed E-state index contributed by atoms with van der Waals surface area (Å²) in [6, 6.07) is 0.771. The molecule has 0 aromatic heterocycles. The van der Waals surface area contributed by atoms with Gasteiger partial charge < -0.3 is 5.32 Å². The molecule has 0 saturated heterocycles. The van der Waals surface area contributed by atoms with Gasteiger partial charge in [0.2, 0.25) is 0 Å². The molecule has 0 spiro atoms. The quantitative estimate of drug-likeness (QED) is 0.629. The summed E-state index contributed by atoms with van der Waals surface area (Å²) in [6.07, 6.45) is 9.75. The molecule has 0 aromatic rings. The molecule has 1 rings (SSSR count). The van der Waals surface area contributed by atoms with Crippen LogP contribution in [-0.4, -0.2) is 37.1 Å². The average Bonchev–Trinajstić information content (AvgIpc) is 2.47. The van der Waals surface area contributed by atoms with Crippen molar-refractivity contribution in [2.75, 3.05) is 26.2 Å². The molecule has 0 atom stereocenters. The molecule has 0 aliphatic heterocycles. The molecule has 1 aliphatic carbocycles. The summed E-state index contributed by atoms with van der Waals surface area (Å²) in [4.78, 5) is 2.83. The molecule has 0 heterocycles. The second kappa shape index (κ2) is 9.84. The van der Waals surface area contributed by atoms with Crippen LogP contribution in [0.25, 0.3) is 0 Å². The largest absolute Gasteiger partial charge is 0.316 e. The summed E-state index contributed by atoms with van der Waals surface area (Å²) < 4.78 is 0. The monoisotopic (exact) mass is 296 g/mol. The number of hydrogen-bond donors (Lipinski definition) is 1. The van der Waals surface area contributed by atoms with Gasteiger partial charge in [-0.25, -0.2) is 0 Å². The Morgan fingerprint density at radius 1 is 1.00 bits per heavy atom. The summed E-state index contributed by atoms with van der Waals surface area (Å²) in [5.41, 5.74) is 0.533. The van der Waals surface area contributed by atoms with Gasteiger partial charge >= 0.3 is 0 Å². The summed E-state index contributed by atoms with van der Waals surface area (Å²) in [6.45, 7) is 16.6. The standard InChI is InChI=1S/C19H40N2/c1-6-18(7-2)21(14-17(4)5)16-19(15-20-8-3)12-10-9-11-13-19/h17-18,20H,6-16H2,1-5H3. The van der Waals surface area contributed by atoms with Crippen LogP contribution in [-0.2, 0) is 0 Å². The van der Waals surface area contributed by atoms with E-state index in [9.17, 15) is 0 Å². The maximum atomic E-state index is 3.67. The Bertz CT molecular complexity index is 252. The van der Waals surface area contributed by atoms with E-state index < -0.39 is 0 Å². The van der Waals surface area contributed by atoms with Crippen LogP contribution >= 0.6 is 0 Å². The van der Waals surface area contributed by atoms with Crippen molar-refractivity contribution in [3.05, 3.63) is 0 Å². The second-order valence-electron chi connectivity index (χ2n) is 7.63. The van der Waals surface area contributed by atoms with Gasteiger partial charge in [0, 0.05) is 25.7 Å². The fourth-order valence-corrected chi connectivity index (χ4v) is 4.13. The van der Waals surface area contributed by atoms with Crippen LogP contribution in [0.15, 0.2) is 0 Å². The maximum Gasteiger partial charge on any atom is 0.00903 e. The zero-order chi connectivity index (χ0) is 15.7. The van der Waals surface area contributed by atoms with Crippen molar-refractivity contribution in [3.63, 3.8) is 0 Å². The van der Waals surface area contributed by atoms with Crippen LogP contribution in [0, 0.1) is 11.3 Å². The SMILES string of the molecule is CCNCC1(CN(CC(C)C)C(CC)CC)CCCCC1. The third-order valence-corrected chi connectivity index (χ3v) is 5.26. The molecule has 1 fully saturated rings. The molecular formula is C19H40N2. The van der Waals surface area contributed by atoms with Gasteiger partial charge in [-0.2, -0.15) is 0 Å². The molecule has 1 saturated carbocycles. The highest BCUT2D eigenvalue weighted by molar-refractivity contribution is 4.89. The molecule has 1 aliphatic rings. The molecular weight excluding hydrogens is 256 g/mol. The number of hydrogen-bond acceptors (Lipinski definition) is 2. The molecule has 1 N–H and O–H groups in total. The van der Waals surface area contributed by atoms with Crippen LogP contribution < -0.4 is 5.32 Å². The van der Waals surface area contributed by atoms with Gasteiger partial charge in [0.05, 0.1) is 0 Å². The molecule has 0 radical (unpaired) electrons. The highest BCUT2D eigenvalue weighted by Crippen LogP contribution is 2.37. The van der Waals surface area contributed by atoms with Gasteiger partial charge in [-0.05, 0) is 43.6 Å². The van der Waals surface area contributed by atoms with Gasteiger partial charge in [-0.3, -0.25) is 4.90 Å². The fourth-order valence-electron chi connectivity index (χ4n) is 4.13. The van der Waals surface area contributed by atoms with E-state index >= 15 is 0 Å². The smallest absolute Gasteiger partial charge is 0.00903 e. The minimum atomic E-state index is 0.533. The third-order valence-electron chi connectivity index (χ3n) is 5.26. The average molecular weight is 297 g/mol. The number of rotatable bonds is 10. The van der Waals surface area contributed by atoms with Crippen LogP contribution in [0.4, 0.5) is 0 Å². The van der Waals surface area contributed by atoms with Gasteiger partial charge in [-0.1, -0.05) is 53.9 Å². The van der Waals surface area contributed by atoms with Crippen LogP contribution in [0.1, 0.15) is 79.6 Å². The normalized spacial score (nSPS) is 18.9. The number of nitrogens with zero attached hydrogens (tertiary/aromatic N) is 1. The first kappa shape index (κ1) is 19.0. The lowest BCUT2D eigenvalue weighted by molar-refractivity contribution is 0.0630. The van der Waals surface area contributed by atoms with Crippen molar-refractivity contribution in [3.8, 4) is 0 Å². The van der Waals surface area contributed by atoms with Gasteiger partial charge in [-0.15, -0.1) is 0 Å². The van der Waals surface area contributed by atoms with E-state index in [0.717, 1.165) is 18.5 Å². The van der Waals surface area contributed by atoms with E-state index in [1.807, 2.05) is 0 Å².